The lowest BCUT2D eigenvalue weighted by Gasteiger charge is -2.00. The summed E-state index contributed by atoms with van der Waals surface area (Å²) in [6.07, 6.45) is 1.49. The number of halogens is 1. The molecule has 0 aliphatic carbocycles. The Bertz CT molecular complexity index is 671. The molecule has 1 heterocycles. The minimum absolute atomic E-state index is 0.0198. The molecule has 1 amide bonds. The van der Waals surface area contributed by atoms with Gasteiger partial charge in [-0.1, -0.05) is 17.7 Å². The summed E-state index contributed by atoms with van der Waals surface area (Å²) < 4.78 is 0. The van der Waals surface area contributed by atoms with E-state index >= 15 is 0 Å². The van der Waals surface area contributed by atoms with Crippen LogP contribution in [0.15, 0.2) is 40.8 Å². The molecular formula is C12H8ClN3O3S. The number of rotatable bonds is 4. The maximum atomic E-state index is 11.8. The van der Waals surface area contributed by atoms with Crippen LogP contribution in [0.2, 0.25) is 5.02 Å². The lowest BCUT2D eigenvalue weighted by Crippen LogP contribution is -2.17. The van der Waals surface area contributed by atoms with E-state index in [-0.39, 0.29) is 16.3 Å². The number of nitrogens with one attached hydrogen (secondary N) is 1. The molecule has 102 valence electrons. The highest BCUT2D eigenvalue weighted by molar-refractivity contribution is 7.11. The quantitative estimate of drug-likeness (QED) is 0.535. The lowest BCUT2D eigenvalue weighted by atomic mass is 10.2. The number of nitro benzene ring substituents is 1. The first-order valence-electron chi connectivity index (χ1n) is 5.39. The van der Waals surface area contributed by atoms with Gasteiger partial charge in [-0.15, -0.1) is 11.3 Å². The zero-order valence-corrected chi connectivity index (χ0v) is 11.5. The Balaban J connectivity index is 2.09. The molecule has 0 spiro atoms. The van der Waals surface area contributed by atoms with E-state index in [2.05, 4.69) is 10.5 Å². The smallest absolute Gasteiger partial charge is 0.267 e. The summed E-state index contributed by atoms with van der Waals surface area (Å²) in [6, 6.07) is 7.51. The molecule has 0 aliphatic heterocycles. The van der Waals surface area contributed by atoms with Crippen molar-refractivity contribution < 1.29 is 9.72 Å². The van der Waals surface area contributed by atoms with E-state index in [9.17, 15) is 14.9 Å². The summed E-state index contributed by atoms with van der Waals surface area (Å²) in [4.78, 5) is 22.7. The molecule has 0 bridgehead atoms. The van der Waals surface area contributed by atoms with Gasteiger partial charge >= 0.3 is 0 Å². The Morgan fingerprint density at radius 2 is 2.25 bits per heavy atom. The second-order valence-corrected chi connectivity index (χ2v) is 5.02. The number of amides is 1. The molecule has 0 aliphatic rings. The van der Waals surface area contributed by atoms with E-state index in [1.807, 2.05) is 17.5 Å². The standard InChI is InChI=1S/C12H8ClN3O3S/c13-10-4-3-8(6-11(10)16(18)19)12(17)15-14-7-9-2-1-5-20-9/h1-7H,(H,15,17)/b14-7+. The van der Waals surface area contributed by atoms with Crippen molar-refractivity contribution in [2.75, 3.05) is 0 Å². The first-order chi connectivity index (χ1) is 9.58. The molecule has 8 heteroatoms. The highest BCUT2D eigenvalue weighted by atomic mass is 35.5. The van der Waals surface area contributed by atoms with Crippen LogP contribution in [0.4, 0.5) is 5.69 Å². The molecule has 0 unspecified atom stereocenters. The Kier molecular flexibility index (Phi) is 4.44. The van der Waals surface area contributed by atoms with Gasteiger partial charge in [0.05, 0.1) is 11.1 Å². The van der Waals surface area contributed by atoms with Crippen molar-refractivity contribution in [3.8, 4) is 0 Å². The molecule has 1 aromatic carbocycles. The van der Waals surface area contributed by atoms with Crippen molar-refractivity contribution in [2.45, 2.75) is 0 Å². The Morgan fingerprint density at radius 1 is 1.45 bits per heavy atom. The zero-order chi connectivity index (χ0) is 14.5. The Hall–Kier alpha value is -2.25. The second-order valence-electron chi connectivity index (χ2n) is 3.64. The van der Waals surface area contributed by atoms with Gasteiger partial charge in [0.2, 0.25) is 0 Å². The van der Waals surface area contributed by atoms with E-state index in [1.54, 1.807) is 0 Å². The van der Waals surface area contributed by atoms with Crippen LogP contribution in [0.1, 0.15) is 15.2 Å². The molecule has 2 rings (SSSR count). The first kappa shape index (κ1) is 14.2. The van der Waals surface area contributed by atoms with Crippen LogP contribution in [-0.2, 0) is 0 Å². The van der Waals surface area contributed by atoms with Crippen LogP contribution >= 0.6 is 22.9 Å². The van der Waals surface area contributed by atoms with Crippen LogP contribution in [0.25, 0.3) is 0 Å². The van der Waals surface area contributed by atoms with Gasteiger partial charge in [-0.05, 0) is 23.6 Å². The minimum atomic E-state index is -0.645. The van der Waals surface area contributed by atoms with Crippen LogP contribution in [0.3, 0.4) is 0 Å². The number of hydrogen-bond acceptors (Lipinski definition) is 5. The first-order valence-corrected chi connectivity index (χ1v) is 6.64. The number of thiophene rings is 1. The average molecular weight is 310 g/mol. The maximum absolute atomic E-state index is 11.8. The van der Waals surface area contributed by atoms with E-state index in [0.29, 0.717) is 0 Å². The molecule has 20 heavy (non-hydrogen) atoms. The third-order valence-electron chi connectivity index (χ3n) is 2.31. The lowest BCUT2D eigenvalue weighted by molar-refractivity contribution is -0.384. The zero-order valence-electron chi connectivity index (χ0n) is 9.95. The largest absolute Gasteiger partial charge is 0.288 e. The van der Waals surface area contributed by atoms with Crippen LogP contribution in [-0.4, -0.2) is 17.0 Å². The number of nitro groups is 1. The highest BCUT2D eigenvalue weighted by Crippen LogP contribution is 2.24. The number of benzene rings is 1. The molecule has 0 atom stereocenters. The van der Waals surface area contributed by atoms with E-state index < -0.39 is 10.8 Å². The summed E-state index contributed by atoms with van der Waals surface area (Å²) in [5.41, 5.74) is 2.09. The number of hydrogen-bond donors (Lipinski definition) is 1. The normalized spacial score (nSPS) is 10.7. The van der Waals surface area contributed by atoms with Crippen molar-refractivity contribution >= 4 is 40.7 Å². The molecule has 1 N–H and O–H groups in total. The van der Waals surface area contributed by atoms with Crippen molar-refractivity contribution in [1.29, 1.82) is 0 Å². The summed E-state index contributed by atoms with van der Waals surface area (Å²) in [6.45, 7) is 0. The van der Waals surface area contributed by atoms with Gasteiger partial charge < -0.3 is 0 Å². The summed E-state index contributed by atoms with van der Waals surface area (Å²) >= 11 is 7.14. The predicted octanol–water partition coefficient (Wildman–Crippen LogP) is 3.07. The van der Waals surface area contributed by atoms with Crippen LogP contribution < -0.4 is 5.43 Å². The molecule has 2 aromatic rings. The number of carbonyl (C=O) groups excluding carboxylic acids is 1. The predicted molar refractivity (Wildman–Crippen MR) is 77.5 cm³/mol. The van der Waals surface area contributed by atoms with E-state index in [4.69, 9.17) is 11.6 Å². The Labute approximate surface area is 122 Å². The van der Waals surface area contributed by atoms with Crippen molar-refractivity contribution in [3.05, 3.63) is 61.3 Å². The van der Waals surface area contributed by atoms with Gasteiger partial charge in [0.15, 0.2) is 0 Å². The minimum Gasteiger partial charge on any atom is -0.267 e. The van der Waals surface area contributed by atoms with Gasteiger partial charge in [0.25, 0.3) is 11.6 Å². The fraction of sp³-hybridized carbons (Fsp3) is 0. The van der Waals surface area contributed by atoms with Crippen molar-refractivity contribution in [2.24, 2.45) is 5.10 Å². The molecule has 6 nitrogen and oxygen atoms in total. The summed E-state index contributed by atoms with van der Waals surface area (Å²) in [7, 11) is 0. The Morgan fingerprint density at radius 3 is 2.90 bits per heavy atom. The van der Waals surface area contributed by atoms with Gasteiger partial charge in [-0.25, -0.2) is 5.43 Å². The van der Waals surface area contributed by atoms with Crippen LogP contribution in [0, 0.1) is 10.1 Å². The second kappa shape index (κ2) is 6.27. The van der Waals surface area contributed by atoms with Gasteiger partial charge in [0, 0.05) is 16.5 Å². The van der Waals surface area contributed by atoms with E-state index in [1.165, 1.54) is 29.7 Å². The molecule has 0 saturated heterocycles. The molecule has 0 radical (unpaired) electrons. The number of carbonyl (C=O) groups is 1. The molecule has 1 aromatic heterocycles. The molecule has 0 saturated carbocycles. The SMILES string of the molecule is O=C(N/N=C/c1cccs1)c1ccc(Cl)c([N+](=O)[O-])c1. The van der Waals surface area contributed by atoms with Gasteiger partial charge in [-0.2, -0.15) is 5.10 Å². The van der Waals surface area contributed by atoms with Gasteiger partial charge in [-0.3, -0.25) is 14.9 Å². The number of nitrogens with zero attached hydrogens (tertiary/aromatic N) is 2. The van der Waals surface area contributed by atoms with Crippen molar-refractivity contribution in [1.82, 2.24) is 5.43 Å². The molecule has 0 fully saturated rings. The van der Waals surface area contributed by atoms with E-state index in [0.717, 1.165) is 10.9 Å². The topological polar surface area (TPSA) is 84.6 Å². The number of hydrazone groups is 1. The summed E-state index contributed by atoms with van der Waals surface area (Å²) in [5, 5.41) is 16.4. The summed E-state index contributed by atoms with van der Waals surface area (Å²) in [5.74, 6) is -0.544. The van der Waals surface area contributed by atoms with Crippen LogP contribution in [0.5, 0.6) is 0 Å². The fourth-order valence-electron chi connectivity index (χ4n) is 1.38. The molecular weight excluding hydrogens is 302 g/mol. The third kappa shape index (κ3) is 3.40. The maximum Gasteiger partial charge on any atom is 0.288 e. The fourth-order valence-corrected chi connectivity index (χ4v) is 2.15. The monoisotopic (exact) mass is 309 g/mol. The third-order valence-corrected chi connectivity index (χ3v) is 3.43. The van der Waals surface area contributed by atoms with Crippen molar-refractivity contribution in [3.63, 3.8) is 0 Å². The highest BCUT2D eigenvalue weighted by Gasteiger charge is 2.15. The average Bonchev–Trinajstić information content (AvgIpc) is 2.92. The van der Waals surface area contributed by atoms with Gasteiger partial charge in [0.1, 0.15) is 5.02 Å².